The number of ether oxygens (including phenoxy) is 1. The summed E-state index contributed by atoms with van der Waals surface area (Å²) in [4.78, 5) is 40.3. The third-order valence-corrected chi connectivity index (χ3v) is 5.17. The van der Waals surface area contributed by atoms with Crippen molar-refractivity contribution in [1.82, 2.24) is 15.5 Å². The molecule has 1 aromatic rings. The van der Waals surface area contributed by atoms with E-state index in [2.05, 4.69) is 10.6 Å². The second kappa shape index (κ2) is 13.2. The molecule has 3 unspecified atom stereocenters. The van der Waals surface area contributed by atoms with Gasteiger partial charge in [-0.15, -0.1) is 0 Å². The van der Waals surface area contributed by atoms with Gasteiger partial charge in [-0.1, -0.05) is 44.5 Å². The molecular formula is C25H41N3O5. The lowest BCUT2D eigenvalue weighted by atomic mass is 10.00. The number of likely N-dealkylation sites (N-methyl/N-ethyl adjacent to an activating group) is 1. The number of aryl methyl sites for hydroxylation is 1. The summed E-state index contributed by atoms with van der Waals surface area (Å²) in [6.07, 6.45) is 1.77. The van der Waals surface area contributed by atoms with Crippen molar-refractivity contribution in [2.24, 2.45) is 0 Å². The zero-order chi connectivity index (χ0) is 25.2. The Morgan fingerprint density at radius 2 is 1.67 bits per heavy atom. The molecule has 0 aliphatic carbocycles. The Labute approximate surface area is 198 Å². The number of nitrogens with zero attached hydrogens (tertiary/aromatic N) is 1. The summed E-state index contributed by atoms with van der Waals surface area (Å²) in [5.41, 5.74) is 1.03. The first-order valence-corrected chi connectivity index (χ1v) is 11.8. The van der Waals surface area contributed by atoms with Crippen molar-refractivity contribution in [3.05, 3.63) is 35.4 Å². The minimum absolute atomic E-state index is 0.0535. The minimum Gasteiger partial charge on any atom is -0.444 e. The Morgan fingerprint density at radius 1 is 1.06 bits per heavy atom. The molecule has 186 valence electrons. The number of aliphatic hydroxyl groups excluding tert-OH is 1. The average molecular weight is 464 g/mol. The van der Waals surface area contributed by atoms with E-state index >= 15 is 0 Å². The van der Waals surface area contributed by atoms with Crippen LogP contribution in [0.4, 0.5) is 4.79 Å². The van der Waals surface area contributed by atoms with E-state index in [1.54, 1.807) is 27.7 Å². The smallest absolute Gasteiger partial charge is 0.408 e. The Morgan fingerprint density at radius 3 is 2.12 bits per heavy atom. The molecule has 3 N–H and O–H groups in total. The first-order valence-electron chi connectivity index (χ1n) is 11.8. The van der Waals surface area contributed by atoms with Gasteiger partial charge in [-0.05, 0) is 58.6 Å². The van der Waals surface area contributed by atoms with Crippen LogP contribution in [0.2, 0.25) is 0 Å². The van der Waals surface area contributed by atoms with Crippen LogP contribution in [-0.2, 0) is 20.7 Å². The van der Waals surface area contributed by atoms with Gasteiger partial charge in [-0.3, -0.25) is 9.59 Å². The summed E-state index contributed by atoms with van der Waals surface area (Å²) < 4.78 is 5.22. The van der Waals surface area contributed by atoms with Crippen molar-refractivity contribution in [3.8, 4) is 0 Å². The van der Waals surface area contributed by atoms with Gasteiger partial charge in [-0.2, -0.15) is 0 Å². The van der Waals surface area contributed by atoms with Crippen LogP contribution >= 0.6 is 0 Å². The van der Waals surface area contributed by atoms with Crippen LogP contribution in [0.25, 0.3) is 0 Å². The molecule has 0 spiro atoms. The van der Waals surface area contributed by atoms with Gasteiger partial charge in [0.05, 0.1) is 6.61 Å². The number of nitrogens with one attached hydrogen (secondary N) is 2. The molecule has 0 saturated carbocycles. The normalized spacial score (nSPS) is 14.1. The maximum atomic E-state index is 13.4. The van der Waals surface area contributed by atoms with E-state index in [1.165, 1.54) is 4.90 Å². The number of rotatable bonds is 11. The number of hydrogen-bond donors (Lipinski definition) is 3. The highest BCUT2D eigenvalue weighted by molar-refractivity contribution is 5.92. The first kappa shape index (κ1) is 28.4. The monoisotopic (exact) mass is 463 g/mol. The Balaban J connectivity index is 3.25. The van der Waals surface area contributed by atoms with E-state index in [9.17, 15) is 19.5 Å². The van der Waals surface area contributed by atoms with Gasteiger partial charge in [0.25, 0.3) is 0 Å². The van der Waals surface area contributed by atoms with Gasteiger partial charge in [0.1, 0.15) is 17.7 Å². The van der Waals surface area contributed by atoms with Gasteiger partial charge in [0.2, 0.25) is 11.8 Å². The lowest BCUT2D eigenvalue weighted by Gasteiger charge is -2.34. The fourth-order valence-corrected chi connectivity index (χ4v) is 3.54. The molecule has 3 atom stereocenters. The summed E-state index contributed by atoms with van der Waals surface area (Å²) in [7, 11) is 0. The number of alkyl carbamates (subject to hydrolysis) is 1. The number of carbonyl (C=O) groups is 3. The molecule has 33 heavy (non-hydrogen) atoms. The third kappa shape index (κ3) is 9.04. The van der Waals surface area contributed by atoms with Gasteiger partial charge >= 0.3 is 6.09 Å². The van der Waals surface area contributed by atoms with Crippen molar-refractivity contribution in [3.63, 3.8) is 0 Å². The SMILES string of the molecule is CCCC(C)NC(=O)C(c1ccc(CC)cc1)N(CC)C(=O)C(CO)NC(=O)OC(C)(C)C. The van der Waals surface area contributed by atoms with Crippen LogP contribution < -0.4 is 10.6 Å². The van der Waals surface area contributed by atoms with Crippen molar-refractivity contribution >= 4 is 17.9 Å². The van der Waals surface area contributed by atoms with E-state index in [0.29, 0.717) is 5.56 Å². The Bertz CT molecular complexity index is 773. The molecule has 0 aliphatic heterocycles. The zero-order valence-electron chi connectivity index (χ0n) is 21.1. The molecule has 0 bridgehead atoms. The molecule has 0 aromatic heterocycles. The summed E-state index contributed by atoms with van der Waals surface area (Å²) in [6.45, 7) is 12.5. The van der Waals surface area contributed by atoms with Crippen LogP contribution in [0.15, 0.2) is 24.3 Å². The molecule has 8 heteroatoms. The van der Waals surface area contributed by atoms with Gasteiger partial charge in [-0.25, -0.2) is 4.79 Å². The van der Waals surface area contributed by atoms with Crippen LogP contribution in [0.1, 0.15) is 78.5 Å². The molecule has 0 radical (unpaired) electrons. The number of carbonyl (C=O) groups excluding carboxylic acids is 3. The highest BCUT2D eigenvalue weighted by atomic mass is 16.6. The lowest BCUT2D eigenvalue weighted by Crippen LogP contribution is -2.54. The average Bonchev–Trinajstić information content (AvgIpc) is 2.74. The van der Waals surface area contributed by atoms with E-state index < -0.39 is 36.3 Å². The number of aliphatic hydroxyl groups is 1. The molecule has 3 amide bonds. The molecule has 1 aromatic carbocycles. The fraction of sp³-hybridized carbons (Fsp3) is 0.640. The largest absolute Gasteiger partial charge is 0.444 e. The molecule has 8 nitrogen and oxygen atoms in total. The standard InChI is InChI=1S/C25H41N3O5/c1-8-11-17(4)26-22(30)21(19-14-12-18(9-2)13-15-19)28(10-3)23(31)20(16-29)27-24(32)33-25(5,6)7/h12-15,17,20-21,29H,8-11,16H2,1-7H3,(H,26,30)(H,27,32). The number of amides is 3. The first-order chi connectivity index (χ1) is 15.5. The summed E-state index contributed by atoms with van der Waals surface area (Å²) >= 11 is 0. The number of hydrogen-bond acceptors (Lipinski definition) is 5. The molecular weight excluding hydrogens is 422 g/mol. The Hall–Kier alpha value is -2.61. The second-order valence-corrected chi connectivity index (χ2v) is 9.20. The van der Waals surface area contributed by atoms with Crippen molar-refractivity contribution in [2.75, 3.05) is 13.2 Å². The Kier molecular flexibility index (Phi) is 11.4. The third-order valence-electron chi connectivity index (χ3n) is 5.17. The predicted octanol–water partition coefficient (Wildman–Crippen LogP) is 3.33. The molecule has 0 heterocycles. The van der Waals surface area contributed by atoms with Gasteiger partial charge in [0.15, 0.2) is 0 Å². The highest BCUT2D eigenvalue weighted by Crippen LogP contribution is 2.23. The highest BCUT2D eigenvalue weighted by Gasteiger charge is 2.35. The molecule has 0 saturated heterocycles. The van der Waals surface area contributed by atoms with Crippen molar-refractivity contribution in [2.45, 2.75) is 91.5 Å². The molecule has 0 fully saturated rings. The lowest BCUT2D eigenvalue weighted by molar-refractivity contribution is -0.143. The fourth-order valence-electron chi connectivity index (χ4n) is 3.54. The summed E-state index contributed by atoms with van der Waals surface area (Å²) in [5.74, 6) is -0.863. The van der Waals surface area contributed by atoms with Crippen molar-refractivity contribution in [1.29, 1.82) is 0 Å². The van der Waals surface area contributed by atoms with Crippen LogP contribution in [0.3, 0.4) is 0 Å². The number of benzene rings is 1. The summed E-state index contributed by atoms with van der Waals surface area (Å²) in [6, 6.07) is 5.37. The van der Waals surface area contributed by atoms with E-state index in [4.69, 9.17) is 4.74 Å². The molecule has 1 rings (SSSR count). The van der Waals surface area contributed by atoms with Crippen LogP contribution in [0.5, 0.6) is 0 Å². The zero-order valence-corrected chi connectivity index (χ0v) is 21.1. The maximum Gasteiger partial charge on any atom is 0.408 e. The van der Waals surface area contributed by atoms with Gasteiger partial charge < -0.3 is 25.4 Å². The predicted molar refractivity (Wildman–Crippen MR) is 129 cm³/mol. The van der Waals surface area contributed by atoms with Crippen LogP contribution in [0, 0.1) is 0 Å². The second-order valence-electron chi connectivity index (χ2n) is 9.20. The minimum atomic E-state index is -1.24. The van der Waals surface area contributed by atoms with E-state index in [1.807, 2.05) is 45.0 Å². The van der Waals surface area contributed by atoms with E-state index in [0.717, 1.165) is 24.8 Å². The van der Waals surface area contributed by atoms with Crippen molar-refractivity contribution < 1.29 is 24.2 Å². The van der Waals surface area contributed by atoms with Gasteiger partial charge in [0, 0.05) is 12.6 Å². The maximum absolute atomic E-state index is 13.4. The quantitative estimate of drug-likeness (QED) is 0.467. The van der Waals surface area contributed by atoms with E-state index in [-0.39, 0.29) is 18.5 Å². The topological polar surface area (TPSA) is 108 Å². The molecule has 0 aliphatic rings. The summed E-state index contributed by atoms with van der Waals surface area (Å²) in [5, 5.41) is 15.3. The van der Waals surface area contributed by atoms with Crippen LogP contribution in [-0.4, -0.2) is 58.8 Å².